The Morgan fingerprint density at radius 3 is 2.28 bits per heavy atom. The van der Waals surface area contributed by atoms with E-state index < -0.39 is 0 Å². The minimum Gasteiger partial charge on any atom is -0.289 e. The van der Waals surface area contributed by atoms with Gasteiger partial charge in [-0.3, -0.25) is 4.90 Å². The molecule has 1 heterocycles. The van der Waals surface area contributed by atoms with E-state index >= 15 is 0 Å². The van der Waals surface area contributed by atoms with Crippen LogP contribution in [0, 0.1) is 0 Å². The first kappa shape index (κ1) is 14.1. The fraction of sp³-hybridized carbons (Fsp3) is 0.625. The Balaban J connectivity index is 2.24. The van der Waals surface area contributed by atoms with Gasteiger partial charge < -0.3 is 0 Å². The van der Waals surface area contributed by atoms with Crippen LogP contribution in [0.2, 0.25) is 0 Å². The van der Waals surface area contributed by atoms with Crippen LogP contribution >= 0.6 is 15.9 Å². The molecule has 0 spiro atoms. The molecule has 18 heavy (non-hydrogen) atoms. The molecule has 1 aliphatic heterocycles. The highest BCUT2D eigenvalue weighted by Gasteiger charge is 2.40. The van der Waals surface area contributed by atoms with E-state index in [4.69, 9.17) is 0 Å². The van der Waals surface area contributed by atoms with Crippen LogP contribution in [0.1, 0.15) is 52.5 Å². The van der Waals surface area contributed by atoms with E-state index in [9.17, 15) is 0 Å². The molecule has 100 valence electrons. The summed E-state index contributed by atoms with van der Waals surface area (Å²) in [6.07, 6.45) is 3.93. The molecule has 2 heteroatoms. The Bertz CT molecular complexity index is 407. The number of halogens is 1. The minimum absolute atomic E-state index is 0.296. The van der Waals surface area contributed by atoms with Gasteiger partial charge in [0.05, 0.1) is 0 Å². The molecule has 1 fully saturated rings. The van der Waals surface area contributed by atoms with E-state index in [1.165, 1.54) is 29.3 Å². The zero-order chi connectivity index (χ0) is 13.4. The molecule has 0 unspecified atom stereocenters. The van der Waals surface area contributed by atoms with Crippen LogP contribution in [0.15, 0.2) is 28.7 Å². The molecule has 0 atom stereocenters. The molecule has 1 saturated heterocycles. The number of piperidine rings is 1. The van der Waals surface area contributed by atoms with Crippen molar-refractivity contribution in [1.82, 2.24) is 4.90 Å². The highest BCUT2D eigenvalue weighted by molar-refractivity contribution is 9.10. The molecule has 0 aromatic heterocycles. The van der Waals surface area contributed by atoms with Crippen molar-refractivity contribution >= 4 is 15.9 Å². The number of hydrogen-bond acceptors (Lipinski definition) is 1. The summed E-state index contributed by atoms with van der Waals surface area (Å²) in [6, 6.07) is 8.69. The average molecular weight is 310 g/mol. The highest BCUT2D eigenvalue weighted by atomic mass is 79.9. The molecule has 0 bridgehead atoms. The van der Waals surface area contributed by atoms with Crippen molar-refractivity contribution in [3.05, 3.63) is 34.3 Å². The third-order valence-corrected chi connectivity index (χ3v) is 4.76. The first-order chi connectivity index (χ1) is 8.31. The fourth-order valence-corrected chi connectivity index (χ4v) is 3.74. The fourth-order valence-electron chi connectivity index (χ4n) is 3.29. The van der Waals surface area contributed by atoms with Gasteiger partial charge in [0.15, 0.2) is 0 Å². The van der Waals surface area contributed by atoms with Gasteiger partial charge >= 0.3 is 0 Å². The van der Waals surface area contributed by atoms with Crippen LogP contribution in [0.3, 0.4) is 0 Å². The van der Waals surface area contributed by atoms with E-state index in [-0.39, 0.29) is 0 Å². The van der Waals surface area contributed by atoms with E-state index in [0.717, 1.165) is 6.54 Å². The summed E-state index contributed by atoms with van der Waals surface area (Å²) < 4.78 is 1.17. The molecule has 2 rings (SSSR count). The molecule has 1 aromatic rings. The van der Waals surface area contributed by atoms with Gasteiger partial charge in [-0.05, 0) is 64.7 Å². The molecule has 1 aliphatic rings. The second-order valence-corrected chi connectivity index (χ2v) is 7.61. The molecule has 1 nitrogen and oxygen atoms in total. The van der Waals surface area contributed by atoms with E-state index in [1.54, 1.807) is 0 Å². The van der Waals surface area contributed by atoms with E-state index in [2.05, 4.69) is 72.8 Å². The Hall–Kier alpha value is -0.340. The minimum atomic E-state index is 0.296. The smallest absolute Gasteiger partial charge is 0.0244 e. The van der Waals surface area contributed by atoms with Crippen molar-refractivity contribution in [3.8, 4) is 0 Å². The average Bonchev–Trinajstić information content (AvgIpc) is 2.23. The lowest BCUT2D eigenvalue weighted by Crippen LogP contribution is -2.57. The molecule has 1 aromatic carbocycles. The SMILES string of the molecule is CC1(C)CCCC(C)(C)N1Cc1cccc(Br)c1. The monoisotopic (exact) mass is 309 g/mol. The van der Waals surface area contributed by atoms with Gasteiger partial charge in [-0.2, -0.15) is 0 Å². The van der Waals surface area contributed by atoms with Crippen LogP contribution < -0.4 is 0 Å². The quantitative estimate of drug-likeness (QED) is 0.743. The molecule has 0 N–H and O–H groups in total. The summed E-state index contributed by atoms with van der Waals surface area (Å²) in [6.45, 7) is 10.6. The van der Waals surface area contributed by atoms with Crippen LogP contribution in [0.4, 0.5) is 0 Å². The predicted octanol–water partition coefficient (Wildman–Crippen LogP) is 4.99. The Labute approximate surface area is 120 Å². The van der Waals surface area contributed by atoms with Gasteiger partial charge in [-0.25, -0.2) is 0 Å². The molecule has 0 aliphatic carbocycles. The zero-order valence-corrected chi connectivity index (χ0v) is 13.5. The van der Waals surface area contributed by atoms with Crippen molar-refractivity contribution in [2.45, 2.75) is 64.6 Å². The molecule has 0 amide bonds. The van der Waals surface area contributed by atoms with Crippen molar-refractivity contribution in [2.75, 3.05) is 0 Å². The van der Waals surface area contributed by atoms with Crippen molar-refractivity contribution in [2.24, 2.45) is 0 Å². The second kappa shape index (κ2) is 4.97. The molecular formula is C16H24BrN. The number of nitrogens with zero attached hydrogens (tertiary/aromatic N) is 1. The Kier molecular flexibility index (Phi) is 3.89. The Morgan fingerprint density at radius 1 is 1.11 bits per heavy atom. The van der Waals surface area contributed by atoms with Gasteiger partial charge in [-0.15, -0.1) is 0 Å². The van der Waals surface area contributed by atoms with E-state index in [1.807, 2.05) is 0 Å². The summed E-state index contributed by atoms with van der Waals surface area (Å²) in [5.41, 5.74) is 1.99. The number of hydrogen-bond donors (Lipinski definition) is 0. The maximum absolute atomic E-state index is 3.57. The first-order valence-corrected chi connectivity index (χ1v) is 7.63. The largest absolute Gasteiger partial charge is 0.289 e. The van der Waals surface area contributed by atoms with Gasteiger partial charge in [-0.1, -0.05) is 28.1 Å². The predicted molar refractivity (Wildman–Crippen MR) is 81.7 cm³/mol. The van der Waals surface area contributed by atoms with Crippen LogP contribution in [0.25, 0.3) is 0 Å². The van der Waals surface area contributed by atoms with Gasteiger partial charge in [0.2, 0.25) is 0 Å². The number of likely N-dealkylation sites (tertiary alicyclic amines) is 1. The summed E-state index contributed by atoms with van der Waals surface area (Å²) in [7, 11) is 0. The molecule has 0 saturated carbocycles. The van der Waals surface area contributed by atoms with Crippen molar-refractivity contribution in [3.63, 3.8) is 0 Å². The van der Waals surface area contributed by atoms with Gasteiger partial charge in [0, 0.05) is 22.1 Å². The van der Waals surface area contributed by atoms with E-state index in [0.29, 0.717) is 11.1 Å². The van der Waals surface area contributed by atoms with Crippen LogP contribution in [-0.4, -0.2) is 16.0 Å². The molecular weight excluding hydrogens is 286 g/mol. The number of rotatable bonds is 2. The Morgan fingerprint density at radius 2 is 1.72 bits per heavy atom. The van der Waals surface area contributed by atoms with Crippen molar-refractivity contribution < 1.29 is 0 Å². The third kappa shape index (κ3) is 2.97. The van der Waals surface area contributed by atoms with Crippen molar-refractivity contribution in [1.29, 1.82) is 0 Å². The number of benzene rings is 1. The van der Waals surface area contributed by atoms with Gasteiger partial charge in [0.1, 0.15) is 0 Å². The van der Waals surface area contributed by atoms with Gasteiger partial charge in [0.25, 0.3) is 0 Å². The maximum atomic E-state index is 3.57. The zero-order valence-electron chi connectivity index (χ0n) is 12.0. The lowest BCUT2D eigenvalue weighted by molar-refractivity contribution is -0.0340. The third-order valence-electron chi connectivity index (χ3n) is 4.27. The lowest BCUT2D eigenvalue weighted by Gasteiger charge is -2.53. The maximum Gasteiger partial charge on any atom is 0.0244 e. The first-order valence-electron chi connectivity index (χ1n) is 6.83. The normalized spacial score (nSPS) is 22.9. The highest BCUT2D eigenvalue weighted by Crippen LogP contribution is 2.39. The summed E-state index contributed by atoms with van der Waals surface area (Å²) in [4.78, 5) is 2.67. The summed E-state index contributed by atoms with van der Waals surface area (Å²) >= 11 is 3.57. The topological polar surface area (TPSA) is 3.24 Å². The second-order valence-electron chi connectivity index (χ2n) is 6.69. The molecule has 0 radical (unpaired) electrons. The van der Waals surface area contributed by atoms with Crippen LogP contribution in [-0.2, 0) is 6.54 Å². The lowest BCUT2D eigenvalue weighted by atomic mass is 9.79. The standard InChI is InChI=1S/C16H24BrN/c1-15(2)9-6-10-16(3,4)18(15)12-13-7-5-8-14(17)11-13/h5,7-8,11H,6,9-10,12H2,1-4H3. The van der Waals surface area contributed by atoms with Crippen LogP contribution in [0.5, 0.6) is 0 Å². The summed E-state index contributed by atoms with van der Waals surface area (Å²) in [5.74, 6) is 0. The summed E-state index contributed by atoms with van der Waals surface area (Å²) in [5, 5.41) is 0.